The maximum atomic E-state index is 11.8. The molecule has 0 unspecified atom stereocenters. The van der Waals surface area contributed by atoms with Crippen molar-refractivity contribution in [2.45, 2.75) is 0 Å². The van der Waals surface area contributed by atoms with E-state index in [1.54, 1.807) is 30.3 Å². The number of nitrogens with zero attached hydrogens (tertiary/aromatic N) is 3. The van der Waals surface area contributed by atoms with Crippen molar-refractivity contribution in [2.75, 3.05) is 12.5 Å². The molecule has 0 spiro atoms. The second-order valence-electron chi connectivity index (χ2n) is 3.69. The Labute approximate surface area is 115 Å². The fourth-order valence-electron chi connectivity index (χ4n) is 1.40. The molecule has 2 aromatic rings. The zero-order valence-corrected chi connectivity index (χ0v) is 10.6. The Balaban J connectivity index is 1.99. The molecule has 2 rings (SSSR count). The first-order chi connectivity index (χ1) is 9.72. The van der Waals surface area contributed by atoms with Crippen LogP contribution < -0.4 is 15.6 Å². The van der Waals surface area contributed by atoms with Crippen LogP contribution in [0.5, 0.6) is 5.88 Å². The number of methoxy groups -OCH3 is 1. The van der Waals surface area contributed by atoms with Gasteiger partial charge in [-0.15, -0.1) is 0 Å². The average Bonchev–Trinajstić information content (AvgIpc) is 2.53. The number of hydrogen-bond donors (Lipinski definition) is 2. The standard InChI is InChI=1S/C13H11N5O2/c1-20-11-6-7-15-13(16-11)18-17-12(19)10-4-2-9(8-14)3-5-10/h2-7H,1H3,(H,17,19)(H,15,16,18). The van der Waals surface area contributed by atoms with Gasteiger partial charge in [-0.25, -0.2) is 4.98 Å². The van der Waals surface area contributed by atoms with E-state index in [9.17, 15) is 4.79 Å². The normalized spacial score (nSPS) is 9.40. The highest BCUT2D eigenvalue weighted by Gasteiger charge is 2.06. The van der Waals surface area contributed by atoms with E-state index in [-0.39, 0.29) is 11.9 Å². The van der Waals surface area contributed by atoms with Crippen LogP contribution in [0.3, 0.4) is 0 Å². The Morgan fingerprint density at radius 1 is 1.30 bits per heavy atom. The fourth-order valence-corrected chi connectivity index (χ4v) is 1.40. The largest absolute Gasteiger partial charge is 0.481 e. The minimum absolute atomic E-state index is 0.214. The van der Waals surface area contributed by atoms with Crippen LogP contribution in [0.2, 0.25) is 0 Å². The van der Waals surface area contributed by atoms with Crippen molar-refractivity contribution in [3.8, 4) is 11.9 Å². The number of hydrogen-bond acceptors (Lipinski definition) is 6. The van der Waals surface area contributed by atoms with Gasteiger partial charge in [-0.3, -0.25) is 15.6 Å². The number of anilines is 1. The lowest BCUT2D eigenvalue weighted by Gasteiger charge is -2.07. The maximum absolute atomic E-state index is 11.8. The van der Waals surface area contributed by atoms with E-state index in [1.807, 2.05) is 6.07 Å². The summed E-state index contributed by atoms with van der Waals surface area (Å²) in [7, 11) is 1.49. The number of ether oxygens (including phenoxy) is 1. The van der Waals surface area contributed by atoms with Gasteiger partial charge in [-0.1, -0.05) is 0 Å². The first-order valence-corrected chi connectivity index (χ1v) is 5.66. The number of rotatable bonds is 4. The number of nitrogens with one attached hydrogen (secondary N) is 2. The number of benzene rings is 1. The quantitative estimate of drug-likeness (QED) is 0.806. The Morgan fingerprint density at radius 2 is 2.05 bits per heavy atom. The predicted molar refractivity (Wildman–Crippen MR) is 70.8 cm³/mol. The molecule has 7 nitrogen and oxygen atoms in total. The van der Waals surface area contributed by atoms with Gasteiger partial charge in [0.15, 0.2) is 0 Å². The molecule has 1 aromatic carbocycles. The van der Waals surface area contributed by atoms with E-state index in [0.29, 0.717) is 17.0 Å². The summed E-state index contributed by atoms with van der Waals surface area (Å²) >= 11 is 0. The molecule has 1 aromatic heterocycles. The van der Waals surface area contributed by atoms with Gasteiger partial charge >= 0.3 is 0 Å². The molecule has 0 radical (unpaired) electrons. The van der Waals surface area contributed by atoms with Gasteiger partial charge in [0.1, 0.15) is 0 Å². The second-order valence-corrected chi connectivity index (χ2v) is 3.69. The molecule has 20 heavy (non-hydrogen) atoms. The molecule has 0 bridgehead atoms. The number of carbonyl (C=O) groups is 1. The summed E-state index contributed by atoms with van der Waals surface area (Å²) < 4.78 is 4.94. The predicted octanol–water partition coefficient (Wildman–Crippen LogP) is 1.11. The molecule has 100 valence electrons. The van der Waals surface area contributed by atoms with Crippen molar-refractivity contribution in [2.24, 2.45) is 0 Å². The number of nitriles is 1. The summed E-state index contributed by atoms with van der Waals surface area (Å²) in [6.45, 7) is 0. The molecule has 1 heterocycles. The molecule has 0 aliphatic rings. The number of amides is 1. The first-order valence-electron chi connectivity index (χ1n) is 5.66. The summed E-state index contributed by atoms with van der Waals surface area (Å²) in [5.41, 5.74) is 5.94. The smallest absolute Gasteiger partial charge is 0.269 e. The molecule has 0 fully saturated rings. The first kappa shape index (κ1) is 13.3. The van der Waals surface area contributed by atoms with Crippen molar-refractivity contribution < 1.29 is 9.53 Å². The monoisotopic (exact) mass is 269 g/mol. The van der Waals surface area contributed by atoms with Gasteiger partial charge in [0.05, 0.1) is 18.7 Å². The highest BCUT2D eigenvalue weighted by atomic mass is 16.5. The van der Waals surface area contributed by atoms with Crippen LogP contribution in [-0.2, 0) is 0 Å². The zero-order chi connectivity index (χ0) is 14.4. The molecule has 0 aliphatic heterocycles. The van der Waals surface area contributed by atoms with Gasteiger partial charge in [-0.2, -0.15) is 10.2 Å². The minimum Gasteiger partial charge on any atom is -0.481 e. The van der Waals surface area contributed by atoms with E-state index >= 15 is 0 Å². The summed E-state index contributed by atoms with van der Waals surface area (Å²) in [6, 6.07) is 9.82. The second kappa shape index (κ2) is 6.15. The van der Waals surface area contributed by atoms with Crippen molar-refractivity contribution >= 4 is 11.9 Å². The third kappa shape index (κ3) is 3.20. The lowest BCUT2D eigenvalue weighted by molar-refractivity contribution is 0.0962. The summed E-state index contributed by atoms with van der Waals surface area (Å²) in [6.07, 6.45) is 1.50. The van der Waals surface area contributed by atoms with Crippen LogP contribution in [0.1, 0.15) is 15.9 Å². The van der Waals surface area contributed by atoms with Gasteiger partial charge in [0.25, 0.3) is 5.91 Å². The number of hydrazine groups is 1. The molecular weight excluding hydrogens is 258 g/mol. The molecular formula is C13H11N5O2. The lowest BCUT2D eigenvalue weighted by atomic mass is 10.1. The van der Waals surface area contributed by atoms with Crippen molar-refractivity contribution in [1.82, 2.24) is 15.4 Å². The molecule has 0 aliphatic carbocycles. The van der Waals surface area contributed by atoms with Crippen LogP contribution in [0, 0.1) is 11.3 Å². The Hall–Kier alpha value is -3.14. The summed E-state index contributed by atoms with van der Waals surface area (Å²) in [5, 5.41) is 8.68. The van der Waals surface area contributed by atoms with Crippen LogP contribution in [0.4, 0.5) is 5.95 Å². The Morgan fingerprint density at radius 3 is 2.70 bits per heavy atom. The van der Waals surface area contributed by atoms with E-state index in [2.05, 4.69) is 20.8 Å². The third-order valence-electron chi connectivity index (χ3n) is 2.40. The summed E-state index contributed by atoms with van der Waals surface area (Å²) in [5.74, 6) is 0.238. The molecule has 0 atom stereocenters. The molecule has 2 N–H and O–H groups in total. The van der Waals surface area contributed by atoms with Gasteiger partial charge < -0.3 is 4.74 Å². The van der Waals surface area contributed by atoms with Crippen LogP contribution in [-0.4, -0.2) is 23.0 Å². The number of carbonyl (C=O) groups excluding carboxylic acids is 1. The minimum atomic E-state index is -0.360. The summed E-state index contributed by atoms with van der Waals surface area (Å²) in [4.78, 5) is 19.7. The Bertz CT molecular complexity index is 649. The van der Waals surface area contributed by atoms with E-state index < -0.39 is 0 Å². The maximum Gasteiger partial charge on any atom is 0.269 e. The van der Waals surface area contributed by atoms with Crippen LogP contribution in [0.25, 0.3) is 0 Å². The van der Waals surface area contributed by atoms with Crippen molar-refractivity contribution in [3.63, 3.8) is 0 Å². The molecule has 1 amide bonds. The molecule has 0 saturated heterocycles. The van der Waals surface area contributed by atoms with Crippen LogP contribution in [0.15, 0.2) is 36.5 Å². The third-order valence-corrected chi connectivity index (χ3v) is 2.40. The number of aromatic nitrogens is 2. The zero-order valence-electron chi connectivity index (χ0n) is 10.6. The van der Waals surface area contributed by atoms with Crippen LogP contribution >= 0.6 is 0 Å². The van der Waals surface area contributed by atoms with E-state index in [4.69, 9.17) is 10.00 Å². The lowest BCUT2D eigenvalue weighted by Crippen LogP contribution is -2.30. The van der Waals surface area contributed by atoms with Crippen molar-refractivity contribution in [3.05, 3.63) is 47.7 Å². The highest BCUT2D eigenvalue weighted by molar-refractivity contribution is 5.94. The topological polar surface area (TPSA) is 99.9 Å². The fraction of sp³-hybridized carbons (Fsp3) is 0.0769. The molecule has 0 saturated carbocycles. The average molecular weight is 269 g/mol. The highest BCUT2D eigenvalue weighted by Crippen LogP contribution is 2.07. The van der Waals surface area contributed by atoms with Gasteiger partial charge in [0, 0.05) is 17.8 Å². The van der Waals surface area contributed by atoms with Gasteiger partial charge in [0.2, 0.25) is 11.8 Å². The van der Waals surface area contributed by atoms with Gasteiger partial charge in [-0.05, 0) is 24.3 Å². The van der Waals surface area contributed by atoms with Crippen molar-refractivity contribution in [1.29, 1.82) is 5.26 Å². The van der Waals surface area contributed by atoms with E-state index in [0.717, 1.165) is 0 Å². The van der Waals surface area contributed by atoms with E-state index in [1.165, 1.54) is 13.3 Å². The molecule has 7 heteroatoms. The SMILES string of the molecule is COc1ccnc(NNC(=O)c2ccc(C#N)cc2)n1. The Kier molecular flexibility index (Phi) is 4.09.